The molecule has 4 heteroatoms. The summed E-state index contributed by atoms with van der Waals surface area (Å²) >= 11 is 7.84. The van der Waals surface area contributed by atoms with Crippen molar-refractivity contribution in [2.75, 3.05) is 0 Å². The molecule has 0 aliphatic carbocycles. The summed E-state index contributed by atoms with van der Waals surface area (Å²) in [5.74, 6) is 0. The Morgan fingerprint density at radius 1 is 1.38 bits per heavy atom. The first-order chi connectivity index (χ1) is 3.48. The average molecular weight is 466 g/mol. The van der Waals surface area contributed by atoms with Gasteiger partial charge in [0.15, 0.2) is 0 Å². The second-order valence-electron chi connectivity index (χ2n) is 1.85. The van der Waals surface area contributed by atoms with Gasteiger partial charge in [-0.15, -0.1) is 0 Å². The van der Waals surface area contributed by atoms with Crippen LogP contribution in [0.5, 0.6) is 0 Å². The number of hydrogen-bond acceptors (Lipinski definition) is 0. The zero-order valence-corrected chi connectivity index (χ0v) is 12.4. The molecule has 0 saturated carbocycles. The minimum Gasteiger partial charge on any atom is -0.0907 e. The van der Waals surface area contributed by atoms with E-state index in [0.29, 0.717) is 0 Å². The zero-order valence-electron chi connectivity index (χ0n) is 4.92. The van der Waals surface area contributed by atoms with E-state index in [-0.39, 0.29) is 0 Å². The van der Waals surface area contributed by atoms with Crippen LogP contribution < -0.4 is 0 Å². The highest BCUT2D eigenvalue weighted by Gasteiger charge is 2.28. The lowest BCUT2D eigenvalue weighted by Crippen LogP contribution is -2.12. The van der Waals surface area contributed by atoms with Crippen molar-refractivity contribution >= 4 is 66.0 Å². The molecule has 50 valence electrons. The highest BCUT2D eigenvalue weighted by atomic mass is 127. The van der Waals surface area contributed by atoms with Crippen LogP contribution in [0, 0.1) is 0 Å². The van der Waals surface area contributed by atoms with E-state index >= 15 is 0 Å². The first-order valence-electron chi connectivity index (χ1n) is 2.55. The van der Waals surface area contributed by atoms with E-state index in [1.54, 1.807) is 0 Å². The Bertz CT molecular complexity index is 68.2. The standard InChI is InChI=1S/C4H9I3Si/c1-3-4(2)8(5,6)7/h4H,3H2,1-2H3. The minimum atomic E-state index is -0.851. The lowest BCUT2D eigenvalue weighted by atomic mass is 10.4. The third-order valence-electron chi connectivity index (χ3n) is 1.17. The number of hydrogen-bond donors (Lipinski definition) is 0. The van der Waals surface area contributed by atoms with Gasteiger partial charge in [0.2, 0.25) is 0 Å². The van der Waals surface area contributed by atoms with Gasteiger partial charge in [0, 0.05) is 0 Å². The molecule has 0 aromatic heterocycles. The molecule has 0 rings (SSSR count). The third kappa shape index (κ3) is 4.26. The van der Waals surface area contributed by atoms with E-state index in [0.717, 1.165) is 5.54 Å². The molecule has 1 atom stereocenters. The minimum absolute atomic E-state index is 0.851. The van der Waals surface area contributed by atoms with Crippen molar-refractivity contribution in [1.82, 2.24) is 0 Å². The number of halogens is 3. The van der Waals surface area contributed by atoms with Gasteiger partial charge >= 0.3 is 0 Å². The smallest absolute Gasteiger partial charge is 0.0907 e. The maximum atomic E-state index is 2.61. The van der Waals surface area contributed by atoms with Gasteiger partial charge in [0.05, 0.1) is 0 Å². The Morgan fingerprint density at radius 3 is 1.75 bits per heavy atom. The molecule has 0 radical (unpaired) electrons. The Hall–Kier alpha value is 2.41. The summed E-state index contributed by atoms with van der Waals surface area (Å²) in [6.45, 7) is 4.61. The van der Waals surface area contributed by atoms with Gasteiger partial charge in [0.1, 0.15) is 0 Å². The second kappa shape index (κ2) is 4.32. The predicted octanol–water partition coefficient (Wildman–Crippen LogP) is 4.03. The van der Waals surface area contributed by atoms with Crippen LogP contribution >= 0.6 is 65.4 Å². The largest absolute Gasteiger partial charge is 0.256 e. The van der Waals surface area contributed by atoms with Gasteiger partial charge in [-0.1, -0.05) is 85.7 Å². The first kappa shape index (κ1) is 10.4. The maximum Gasteiger partial charge on any atom is 0.256 e. The zero-order chi connectivity index (χ0) is 6.78. The molecular formula is C4H9I3Si. The van der Waals surface area contributed by atoms with Gasteiger partial charge < -0.3 is 0 Å². The van der Waals surface area contributed by atoms with Crippen LogP contribution in [0.15, 0.2) is 0 Å². The molecule has 0 aliphatic rings. The SMILES string of the molecule is CCC(C)[Si](I)(I)I. The topological polar surface area (TPSA) is 0 Å². The fourth-order valence-corrected chi connectivity index (χ4v) is 4.66. The molecule has 0 aromatic carbocycles. The molecule has 0 aliphatic heterocycles. The molecule has 0 heterocycles. The molecule has 0 aromatic rings. The molecule has 0 N–H and O–H groups in total. The molecule has 0 saturated heterocycles. The van der Waals surface area contributed by atoms with Crippen LogP contribution in [-0.4, -0.2) is 0.564 Å². The van der Waals surface area contributed by atoms with E-state index in [9.17, 15) is 0 Å². The molecule has 0 amide bonds. The average Bonchev–Trinajstić information content (AvgIpc) is 1.62. The highest BCUT2D eigenvalue weighted by Crippen LogP contribution is 2.42. The van der Waals surface area contributed by atoms with E-state index < -0.39 is 0.564 Å². The van der Waals surface area contributed by atoms with Gasteiger partial charge in [-0.3, -0.25) is 0 Å². The normalized spacial score (nSPS) is 16.1. The lowest BCUT2D eigenvalue weighted by molar-refractivity contribution is 0.877. The van der Waals surface area contributed by atoms with Crippen molar-refractivity contribution in [3.63, 3.8) is 0 Å². The second-order valence-corrected chi connectivity index (χ2v) is 37.8. The van der Waals surface area contributed by atoms with E-state index in [2.05, 4.69) is 79.2 Å². The monoisotopic (exact) mass is 466 g/mol. The summed E-state index contributed by atoms with van der Waals surface area (Å²) in [4.78, 5) is 0. The van der Waals surface area contributed by atoms with Crippen molar-refractivity contribution in [3.8, 4) is 0 Å². The summed E-state index contributed by atoms with van der Waals surface area (Å²) in [7, 11) is 0. The quantitative estimate of drug-likeness (QED) is 0.328. The van der Waals surface area contributed by atoms with Crippen molar-refractivity contribution in [3.05, 3.63) is 0 Å². The van der Waals surface area contributed by atoms with Crippen molar-refractivity contribution in [2.45, 2.75) is 25.8 Å². The van der Waals surface area contributed by atoms with E-state index in [1.165, 1.54) is 6.42 Å². The predicted molar refractivity (Wildman–Crippen MR) is 67.5 cm³/mol. The van der Waals surface area contributed by atoms with Crippen LogP contribution in [-0.2, 0) is 0 Å². The van der Waals surface area contributed by atoms with E-state index in [1.807, 2.05) is 0 Å². The van der Waals surface area contributed by atoms with Crippen LogP contribution in [0.25, 0.3) is 0 Å². The molecule has 0 bridgehead atoms. The summed E-state index contributed by atoms with van der Waals surface area (Å²) in [6.07, 6.45) is 1.33. The van der Waals surface area contributed by atoms with Gasteiger partial charge in [0.25, 0.3) is 0.564 Å². The Balaban J connectivity index is 3.62. The summed E-state index contributed by atoms with van der Waals surface area (Å²) in [5.41, 5.74) is 0.948. The van der Waals surface area contributed by atoms with Crippen LogP contribution in [0.2, 0.25) is 5.54 Å². The summed E-state index contributed by atoms with van der Waals surface area (Å²) in [6, 6.07) is 0. The molecule has 0 nitrogen and oxygen atoms in total. The fourth-order valence-electron chi connectivity index (χ4n) is 0.231. The van der Waals surface area contributed by atoms with E-state index in [4.69, 9.17) is 0 Å². The van der Waals surface area contributed by atoms with Crippen molar-refractivity contribution in [2.24, 2.45) is 0 Å². The lowest BCUT2D eigenvalue weighted by Gasteiger charge is -2.16. The number of rotatable bonds is 2. The van der Waals surface area contributed by atoms with Crippen LogP contribution in [0.1, 0.15) is 20.3 Å². The maximum absolute atomic E-state index is 2.61. The molecular weight excluding hydrogens is 457 g/mol. The van der Waals surface area contributed by atoms with Crippen LogP contribution in [0.3, 0.4) is 0 Å². The van der Waals surface area contributed by atoms with Gasteiger partial charge in [-0.05, 0) is 5.54 Å². The Kier molecular flexibility index (Phi) is 5.62. The van der Waals surface area contributed by atoms with Gasteiger partial charge in [-0.2, -0.15) is 0 Å². The van der Waals surface area contributed by atoms with Gasteiger partial charge in [-0.25, -0.2) is 0 Å². The third-order valence-corrected chi connectivity index (χ3v) is 12.3. The molecule has 0 fully saturated rings. The van der Waals surface area contributed by atoms with Crippen molar-refractivity contribution in [1.29, 1.82) is 0 Å². The highest BCUT2D eigenvalue weighted by molar-refractivity contribution is 14.4. The summed E-state index contributed by atoms with van der Waals surface area (Å²) < 4.78 is -0.851. The molecule has 1 unspecified atom stereocenters. The summed E-state index contributed by atoms with van der Waals surface area (Å²) in [5, 5.41) is 0. The Labute approximate surface area is 90.2 Å². The molecule has 0 spiro atoms. The Morgan fingerprint density at radius 2 is 1.75 bits per heavy atom. The van der Waals surface area contributed by atoms with Crippen molar-refractivity contribution < 1.29 is 0 Å². The van der Waals surface area contributed by atoms with Crippen LogP contribution in [0.4, 0.5) is 0 Å². The molecule has 8 heavy (non-hydrogen) atoms. The fraction of sp³-hybridized carbons (Fsp3) is 1.00. The first-order valence-corrected chi connectivity index (χ1v) is 14.0.